The molecule has 0 aromatic heterocycles. The second-order valence-corrected chi connectivity index (χ2v) is 3.00. The van der Waals surface area contributed by atoms with Gasteiger partial charge in [0.25, 0.3) is 0 Å². The lowest BCUT2D eigenvalue weighted by atomic mass is 10.2. The van der Waals surface area contributed by atoms with Crippen LogP contribution in [0, 0.1) is 0 Å². The van der Waals surface area contributed by atoms with E-state index in [2.05, 4.69) is 30.7 Å². The van der Waals surface area contributed by atoms with Crippen LogP contribution in [0.25, 0.3) is 0 Å². The topological polar surface area (TPSA) is 15.6 Å². The Bertz CT molecular complexity index is 152. The fourth-order valence-corrected chi connectivity index (χ4v) is 1.54. The standard InChI is InChI=1S/C9H18N2/c1-4-8-7-11(6-3)9(5-2)10-8/h8H,4-7H2,1-3H3. The molecule has 0 bridgehead atoms. The first-order valence-corrected chi connectivity index (χ1v) is 4.63. The van der Waals surface area contributed by atoms with Gasteiger partial charge in [-0.15, -0.1) is 0 Å². The largest absolute Gasteiger partial charge is 0.359 e. The van der Waals surface area contributed by atoms with Gasteiger partial charge < -0.3 is 4.90 Å². The fourth-order valence-electron chi connectivity index (χ4n) is 1.54. The lowest BCUT2D eigenvalue weighted by molar-refractivity contribution is 0.434. The molecule has 1 unspecified atom stereocenters. The maximum absolute atomic E-state index is 4.62. The van der Waals surface area contributed by atoms with Crippen molar-refractivity contribution in [2.75, 3.05) is 13.1 Å². The molecule has 0 amide bonds. The van der Waals surface area contributed by atoms with Crippen LogP contribution in [0.2, 0.25) is 0 Å². The third-order valence-corrected chi connectivity index (χ3v) is 2.30. The summed E-state index contributed by atoms with van der Waals surface area (Å²) in [6, 6.07) is 0.574. The van der Waals surface area contributed by atoms with Gasteiger partial charge in [-0.3, -0.25) is 4.99 Å². The molecule has 2 nitrogen and oxygen atoms in total. The van der Waals surface area contributed by atoms with Crippen LogP contribution in [-0.2, 0) is 0 Å². The van der Waals surface area contributed by atoms with Gasteiger partial charge in [-0.05, 0) is 13.3 Å². The summed E-state index contributed by atoms with van der Waals surface area (Å²) in [5, 5.41) is 0. The van der Waals surface area contributed by atoms with Crippen LogP contribution in [-0.4, -0.2) is 29.9 Å². The number of aliphatic imine (C=N–C) groups is 1. The summed E-state index contributed by atoms with van der Waals surface area (Å²) in [6.45, 7) is 8.85. The maximum Gasteiger partial charge on any atom is 0.0991 e. The number of amidine groups is 1. The molecular formula is C9H18N2. The molecule has 1 rings (SSSR count). The van der Waals surface area contributed by atoms with E-state index in [9.17, 15) is 0 Å². The van der Waals surface area contributed by atoms with E-state index in [1.54, 1.807) is 0 Å². The molecule has 1 atom stereocenters. The Labute approximate surface area is 69.3 Å². The van der Waals surface area contributed by atoms with Crippen LogP contribution in [0.4, 0.5) is 0 Å². The number of nitrogens with zero attached hydrogens (tertiary/aromatic N) is 2. The van der Waals surface area contributed by atoms with Crippen LogP contribution in [0.3, 0.4) is 0 Å². The lowest BCUT2D eigenvalue weighted by Crippen LogP contribution is -2.28. The monoisotopic (exact) mass is 154 g/mol. The summed E-state index contributed by atoms with van der Waals surface area (Å²) in [5.74, 6) is 1.30. The molecule has 0 saturated carbocycles. The minimum Gasteiger partial charge on any atom is -0.359 e. The van der Waals surface area contributed by atoms with Gasteiger partial charge in [-0.1, -0.05) is 13.8 Å². The van der Waals surface area contributed by atoms with Crippen LogP contribution in [0.5, 0.6) is 0 Å². The number of hydrogen-bond acceptors (Lipinski definition) is 2. The highest BCUT2D eigenvalue weighted by Gasteiger charge is 2.20. The highest BCUT2D eigenvalue weighted by atomic mass is 15.2. The van der Waals surface area contributed by atoms with Crippen molar-refractivity contribution in [3.05, 3.63) is 0 Å². The summed E-state index contributed by atoms with van der Waals surface area (Å²) in [4.78, 5) is 7.00. The van der Waals surface area contributed by atoms with Gasteiger partial charge in [0.15, 0.2) is 0 Å². The molecule has 0 fully saturated rings. The molecule has 0 N–H and O–H groups in total. The molecule has 0 aromatic rings. The molecule has 0 spiro atoms. The molecule has 0 radical (unpaired) electrons. The van der Waals surface area contributed by atoms with E-state index in [1.807, 2.05) is 0 Å². The first-order chi connectivity index (χ1) is 5.31. The number of hydrogen-bond donors (Lipinski definition) is 0. The van der Waals surface area contributed by atoms with Gasteiger partial charge in [0.2, 0.25) is 0 Å². The zero-order valence-electron chi connectivity index (χ0n) is 7.80. The van der Waals surface area contributed by atoms with Crippen molar-refractivity contribution >= 4 is 5.84 Å². The van der Waals surface area contributed by atoms with Crippen LogP contribution < -0.4 is 0 Å². The summed E-state index contributed by atoms with van der Waals surface area (Å²) in [5.41, 5.74) is 0. The summed E-state index contributed by atoms with van der Waals surface area (Å²) in [6.07, 6.45) is 2.27. The van der Waals surface area contributed by atoms with Gasteiger partial charge in [0, 0.05) is 19.5 Å². The summed E-state index contributed by atoms with van der Waals surface area (Å²) >= 11 is 0. The van der Waals surface area contributed by atoms with E-state index in [1.165, 1.54) is 12.3 Å². The third kappa shape index (κ3) is 1.73. The van der Waals surface area contributed by atoms with Crippen LogP contribution in [0.1, 0.15) is 33.6 Å². The Morgan fingerprint density at radius 2 is 2.18 bits per heavy atom. The van der Waals surface area contributed by atoms with E-state index in [-0.39, 0.29) is 0 Å². The van der Waals surface area contributed by atoms with Gasteiger partial charge >= 0.3 is 0 Å². The highest BCUT2D eigenvalue weighted by molar-refractivity contribution is 5.83. The van der Waals surface area contributed by atoms with Gasteiger partial charge in [-0.2, -0.15) is 0 Å². The molecule has 0 saturated heterocycles. The second kappa shape index (κ2) is 3.74. The predicted octanol–water partition coefficient (Wildman–Crippen LogP) is 1.91. The summed E-state index contributed by atoms with van der Waals surface area (Å²) in [7, 11) is 0. The fraction of sp³-hybridized carbons (Fsp3) is 0.889. The minimum atomic E-state index is 0.574. The maximum atomic E-state index is 4.62. The van der Waals surface area contributed by atoms with Crippen molar-refractivity contribution in [3.63, 3.8) is 0 Å². The molecule has 1 aliphatic rings. The molecule has 11 heavy (non-hydrogen) atoms. The SMILES string of the molecule is CCC1=NC(CC)CN1CC. The van der Waals surface area contributed by atoms with Crippen molar-refractivity contribution in [1.82, 2.24) is 4.90 Å². The highest BCUT2D eigenvalue weighted by Crippen LogP contribution is 2.12. The Morgan fingerprint density at radius 1 is 1.45 bits per heavy atom. The van der Waals surface area contributed by atoms with E-state index in [0.29, 0.717) is 6.04 Å². The van der Waals surface area contributed by atoms with Crippen molar-refractivity contribution in [2.24, 2.45) is 4.99 Å². The Hall–Kier alpha value is -0.530. The molecule has 1 heterocycles. The number of rotatable bonds is 3. The molecule has 1 aliphatic heterocycles. The van der Waals surface area contributed by atoms with Crippen LogP contribution in [0.15, 0.2) is 4.99 Å². The average molecular weight is 154 g/mol. The first-order valence-electron chi connectivity index (χ1n) is 4.63. The van der Waals surface area contributed by atoms with E-state index < -0.39 is 0 Å². The lowest BCUT2D eigenvalue weighted by Gasteiger charge is -2.17. The average Bonchev–Trinajstić information content (AvgIpc) is 2.46. The molecule has 2 heteroatoms. The molecular weight excluding hydrogens is 136 g/mol. The van der Waals surface area contributed by atoms with E-state index in [0.717, 1.165) is 19.5 Å². The van der Waals surface area contributed by atoms with Crippen molar-refractivity contribution in [3.8, 4) is 0 Å². The minimum absolute atomic E-state index is 0.574. The summed E-state index contributed by atoms with van der Waals surface area (Å²) < 4.78 is 0. The second-order valence-electron chi connectivity index (χ2n) is 3.00. The molecule has 0 aromatic carbocycles. The van der Waals surface area contributed by atoms with E-state index >= 15 is 0 Å². The van der Waals surface area contributed by atoms with Gasteiger partial charge in [0.05, 0.1) is 11.9 Å². The Morgan fingerprint density at radius 3 is 2.55 bits per heavy atom. The molecule has 0 aliphatic carbocycles. The normalized spacial score (nSPS) is 24.1. The van der Waals surface area contributed by atoms with Crippen molar-refractivity contribution in [2.45, 2.75) is 39.7 Å². The van der Waals surface area contributed by atoms with Gasteiger partial charge in [-0.25, -0.2) is 0 Å². The van der Waals surface area contributed by atoms with Gasteiger partial charge in [0.1, 0.15) is 0 Å². The van der Waals surface area contributed by atoms with E-state index in [4.69, 9.17) is 0 Å². The Kier molecular flexibility index (Phi) is 2.92. The number of likely N-dealkylation sites (N-methyl/N-ethyl adjacent to an activating group) is 1. The zero-order chi connectivity index (χ0) is 8.27. The smallest absolute Gasteiger partial charge is 0.0991 e. The first kappa shape index (κ1) is 8.57. The zero-order valence-corrected chi connectivity index (χ0v) is 7.80. The predicted molar refractivity (Wildman–Crippen MR) is 49.1 cm³/mol. The van der Waals surface area contributed by atoms with Crippen molar-refractivity contribution < 1.29 is 0 Å². The molecule has 64 valence electrons. The third-order valence-electron chi connectivity index (χ3n) is 2.30. The van der Waals surface area contributed by atoms with Crippen LogP contribution >= 0.6 is 0 Å². The van der Waals surface area contributed by atoms with Crippen molar-refractivity contribution in [1.29, 1.82) is 0 Å². The quantitative estimate of drug-likeness (QED) is 0.606. The Balaban J connectivity index is 2.55.